The highest BCUT2D eigenvalue weighted by Crippen LogP contribution is 2.14. The SMILES string of the molecule is CC(C)CCCCCCCCCCCCCCCNCCCCN. The smallest absolute Gasteiger partial charge is 0.00484 e. The molecule has 0 saturated carbocycles. The summed E-state index contributed by atoms with van der Waals surface area (Å²) in [5.41, 5.74) is 5.48. The van der Waals surface area contributed by atoms with Crippen LogP contribution in [0.5, 0.6) is 0 Å². The first-order valence-electron chi connectivity index (χ1n) is 11.2. The van der Waals surface area contributed by atoms with Gasteiger partial charge in [-0.2, -0.15) is 0 Å². The molecule has 2 nitrogen and oxygen atoms in total. The molecular weight excluding hydrogens is 292 g/mol. The summed E-state index contributed by atoms with van der Waals surface area (Å²) in [5.74, 6) is 0.891. The van der Waals surface area contributed by atoms with Gasteiger partial charge in [0.15, 0.2) is 0 Å². The third kappa shape index (κ3) is 21.9. The van der Waals surface area contributed by atoms with E-state index < -0.39 is 0 Å². The zero-order chi connectivity index (χ0) is 17.7. The first kappa shape index (κ1) is 23.9. The molecule has 0 radical (unpaired) electrons. The van der Waals surface area contributed by atoms with Crippen LogP contribution in [-0.4, -0.2) is 19.6 Å². The second-order valence-electron chi connectivity index (χ2n) is 8.02. The van der Waals surface area contributed by atoms with Crippen LogP contribution in [0.1, 0.15) is 117 Å². The molecule has 0 aromatic heterocycles. The second-order valence-corrected chi connectivity index (χ2v) is 8.02. The summed E-state index contributed by atoms with van der Waals surface area (Å²) in [4.78, 5) is 0. The van der Waals surface area contributed by atoms with Crippen molar-refractivity contribution in [1.82, 2.24) is 5.32 Å². The van der Waals surface area contributed by atoms with Crippen LogP contribution in [0.4, 0.5) is 0 Å². The Balaban J connectivity index is 2.95. The summed E-state index contributed by atoms with van der Waals surface area (Å²) in [6.45, 7) is 7.85. The van der Waals surface area contributed by atoms with Crippen LogP contribution in [0, 0.1) is 5.92 Å². The highest BCUT2D eigenvalue weighted by atomic mass is 14.8. The van der Waals surface area contributed by atoms with Gasteiger partial charge in [-0.25, -0.2) is 0 Å². The standard InChI is InChI=1S/C22H48N2/c1-22(2)18-14-12-10-8-6-4-3-5-7-9-11-13-16-20-24-21-17-15-19-23/h22,24H,3-21,23H2,1-2H3. The van der Waals surface area contributed by atoms with Crippen LogP contribution in [0.2, 0.25) is 0 Å². The summed E-state index contributed by atoms with van der Waals surface area (Å²) >= 11 is 0. The highest BCUT2D eigenvalue weighted by molar-refractivity contribution is 4.52. The lowest BCUT2D eigenvalue weighted by Gasteiger charge is -2.05. The highest BCUT2D eigenvalue weighted by Gasteiger charge is 1.96. The van der Waals surface area contributed by atoms with Gasteiger partial charge < -0.3 is 11.1 Å². The fourth-order valence-electron chi connectivity index (χ4n) is 3.27. The van der Waals surface area contributed by atoms with Gasteiger partial charge in [0.05, 0.1) is 0 Å². The molecule has 0 amide bonds. The van der Waals surface area contributed by atoms with Crippen molar-refractivity contribution in [3.63, 3.8) is 0 Å². The molecule has 3 N–H and O–H groups in total. The minimum Gasteiger partial charge on any atom is -0.330 e. The normalized spacial score (nSPS) is 11.5. The molecular formula is C22H48N2. The molecule has 24 heavy (non-hydrogen) atoms. The Morgan fingerprint density at radius 2 is 0.917 bits per heavy atom. The monoisotopic (exact) mass is 340 g/mol. The lowest BCUT2D eigenvalue weighted by atomic mass is 10.0. The minimum atomic E-state index is 0.833. The molecule has 0 aliphatic rings. The maximum Gasteiger partial charge on any atom is -0.00484 e. The molecule has 0 bridgehead atoms. The third-order valence-corrected chi connectivity index (χ3v) is 4.94. The average Bonchev–Trinajstić information content (AvgIpc) is 2.56. The van der Waals surface area contributed by atoms with Crippen molar-refractivity contribution in [3.8, 4) is 0 Å². The van der Waals surface area contributed by atoms with Crippen LogP contribution in [0.25, 0.3) is 0 Å². The molecule has 0 spiro atoms. The Labute approximate surface area is 153 Å². The van der Waals surface area contributed by atoms with Crippen molar-refractivity contribution < 1.29 is 0 Å². The summed E-state index contributed by atoms with van der Waals surface area (Å²) in [6.07, 6.45) is 22.6. The topological polar surface area (TPSA) is 38.0 Å². The average molecular weight is 341 g/mol. The fourth-order valence-corrected chi connectivity index (χ4v) is 3.27. The van der Waals surface area contributed by atoms with Crippen LogP contribution >= 0.6 is 0 Å². The van der Waals surface area contributed by atoms with Gasteiger partial charge in [0.2, 0.25) is 0 Å². The van der Waals surface area contributed by atoms with Crippen molar-refractivity contribution in [2.75, 3.05) is 19.6 Å². The molecule has 0 aromatic carbocycles. The van der Waals surface area contributed by atoms with Gasteiger partial charge in [-0.05, 0) is 44.8 Å². The van der Waals surface area contributed by atoms with Crippen molar-refractivity contribution >= 4 is 0 Å². The summed E-state index contributed by atoms with van der Waals surface area (Å²) < 4.78 is 0. The third-order valence-electron chi connectivity index (χ3n) is 4.94. The van der Waals surface area contributed by atoms with E-state index in [1.54, 1.807) is 0 Å². The number of nitrogens with two attached hydrogens (primary N) is 1. The Hall–Kier alpha value is -0.0800. The molecule has 0 rings (SSSR count). The molecule has 0 aliphatic heterocycles. The molecule has 0 heterocycles. The molecule has 0 atom stereocenters. The molecule has 0 unspecified atom stereocenters. The maximum absolute atomic E-state index is 5.48. The molecule has 0 aliphatic carbocycles. The van der Waals surface area contributed by atoms with Gasteiger partial charge in [0, 0.05) is 0 Å². The van der Waals surface area contributed by atoms with E-state index >= 15 is 0 Å². The lowest BCUT2D eigenvalue weighted by Crippen LogP contribution is -2.17. The predicted molar refractivity (Wildman–Crippen MR) is 111 cm³/mol. The largest absolute Gasteiger partial charge is 0.330 e. The van der Waals surface area contributed by atoms with E-state index in [-0.39, 0.29) is 0 Å². The quantitative estimate of drug-likeness (QED) is 0.250. The number of rotatable bonds is 20. The second kappa shape index (κ2) is 21.0. The van der Waals surface area contributed by atoms with Crippen LogP contribution in [-0.2, 0) is 0 Å². The molecule has 146 valence electrons. The van der Waals surface area contributed by atoms with E-state index in [0.717, 1.165) is 25.4 Å². The number of hydrogen-bond acceptors (Lipinski definition) is 2. The van der Waals surface area contributed by atoms with Gasteiger partial charge in [-0.3, -0.25) is 0 Å². The van der Waals surface area contributed by atoms with Gasteiger partial charge in [0.1, 0.15) is 0 Å². The Bertz CT molecular complexity index is 216. The van der Waals surface area contributed by atoms with Crippen molar-refractivity contribution in [3.05, 3.63) is 0 Å². The zero-order valence-electron chi connectivity index (χ0n) is 17.1. The van der Waals surface area contributed by atoms with E-state index in [1.165, 1.54) is 103 Å². The van der Waals surface area contributed by atoms with Gasteiger partial charge in [-0.15, -0.1) is 0 Å². The van der Waals surface area contributed by atoms with Crippen molar-refractivity contribution in [1.29, 1.82) is 0 Å². The number of hydrogen-bond donors (Lipinski definition) is 2. The minimum absolute atomic E-state index is 0.833. The van der Waals surface area contributed by atoms with E-state index in [9.17, 15) is 0 Å². The Kier molecular flexibility index (Phi) is 20.9. The van der Waals surface area contributed by atoms with E-state index in [0.29, 0.717) is 0 Å². The first-order chi connectivity index (χ1) is 11.8. The number of unbranched alkanes of at least 4 members (excludes halogenated alkanes) is 13. The summed E-state index contributed by atoms with van der Waals surface area (Å²) in [5, 5.41) is 3.51. The van der Waals surface area contributed by atoms with Crippen LogP contribution in [0.3, 0.4) is 0 Å². The van der Waals surface area contributed by atoms with Crippen molar-refractivity contribution in [2.45, 2.75) is 117 Å². The van der Waals surface area contributed by atoms with E-state index in [1.807, 2.05) is 0 Å². The molecule has 2 heteroatoms. The van der Waals surface area contributed by atoms with Gasteiger partial charge in [-0.1, -0.05) is 97.3 Å². The molecule has 0 saturated heterocycles. The number of nitrogens with one attached hydrogen (secondary N) is 1. The van der Waals surface area contributed by atoms with Gasteiger partial charge in [0.25, 0.3) is 0 Å². The lowest BCUT2D eigenvalue weighted by molar-refractivity contribution is 0.502. The van der Waals surface area contributed by atoms with E-state index in [2.05, 4.69) is 19.2 Å². The molecule has 0 fully saturated rings. The maximum atomic E-state index is 5.48. The van der Waals surface area contributed by atoms with Crippen LogP contribution in [0.15, 0.2) is 0 Å². The predicted octanol–water partition coefficient (Wildman–Crippen LogP) is 6.43. The fraction of sp³-hybridized carbons (Fsp3) is 1.00. The Morgan fingerprint density at radius 3 is 1.33 bits per heavy atom. The summed E-state index contributed by atoms with van der Waals surface area (Å²) in [6, 6.07) is 0. The molecule has 0 aromatic rings. The van der Waals surface area contributed by atoms with Gasteiger partial charge >= 0.3 is 0 Å². The van der Waals surface area contributed by atoms with Crippen LogP contribution < -0.4 is 11.1 Å². The zero-order valence-corrected chi connectivity index (χ0v) is 17.1. The Morgan fingerprint density at radius 1 is 0.542 bits per heavy atom. The summed E-state index contributed by atoms with van der Waals surface area (Å²) in [7, 11) is 0. The first-order valence-corrected chi connectivity index (χ1v) is 11.2. The van der Waals surface area contributed by atoms with Crippen molar-refractivity contribution in [2.24, 2.45) is 11.7 Å². The van der Waals surface area contributed by atoms with E-state index in [4.69, 9.17) is 5.73 Å².